The van der Waals surface area contributed by atoms with E-state index in [4.69, 9.17) is 16.3 Å². The van der Waals surface area contributed by atoms with Crippen LogP contribution in [-0.4, -0.2) is 33.3 Å². The first-order valence-electron chi connectivity index (χ1n) is 8.19. The van der Waals surface area contributed by atoms with Gasteiger partial charge in [-0.3, -0.25) is 14.7 Å². The zero-order valence-corrected chi connectivity index (χ0v) is 18.2. The number of nitrogens with zero attached hydrogens (tertiary/aromatic N) is 4. The second-order valence-electron chi connectivity index (χ2n) is 5.85. The fraction of sp³-hybridized carbons (Fsp3) is 0.222. The van der Waals surface area contributed by atoms with Gasteiger partial charge in [0.05, 0.1) is 7.11 Å². The highest BCUT2D eigenvalue weighted by atomic mass is 79.9. The van der Waals surface area contributed by atoms with Crippen molar-refractivity contribution in [2.75, 3.05) is 13.7 Å². The van der Waals surface area contributed by atoms with Gasteiger partial charge in [-0.2, -0.15) is 0 Å². The number of rotatable bonds is 7. The largest absolute Gasteiger partial charge is 0.496 e. The zero-order valence-electron chi connectivity index (χ0n) is 15.0. The standard InChI is InChI=1S/C18H16BrClN4O3S/c1-11-21-22-18(24(11)14-6-4-13(20)5-7-14)28-17(10-23(25)26)15-9-12(19)3-8-16(15)27-2/h3-9,17H,10H2,1-2H3/t17-/m0/s1. The fourth-order valence-electron chi connectivity index (χ4n) is 2.73. The lowest BCUT2D eigenvalue weighted by Crippen LogP contribution is -2.12. The Balaban J connectivity index is 2.03. The van der Waals surface area contributed by atoms with Gasteiger partial charge in [0, 0.05) is 25.7 Å². The first-order valence-corrected chi connectivity index (χ1v) is 10.2. The highest BCUT2D eigenvalue weighted by molar-refractivity contribution is 9.10. The summed E-state index contributed by atoms with van der Waals surface area (Å²) in [7, 11) is 1.54. The molecule has 0 aliphatic rings. The van der Waals surface area contributed by atoms with Crippen molar-refractivity contribution in [2.45, 2.75) is 17.3 Å². The topological polar surface area (TPSA) is 83.1 Å². The van der Waals surface area contributed by atoms with Crippen LogP contribution >= 0.6 is 39.3 Å². The molecular formula is C18H16BrClN4O3S. The van der Waals surface area contributed by atoms with Crippen LogP contribution < -0.4 is 4.74 Å². The summed E-state index contributed by atoms with van der Waals surface area (Å²) in [5.41, 5.74) is 1.54. The van der Waals surface area contributed by atoms with E-state index in [-0.39, 0.29) is 11.5 Å². The number of halogens is 2. The zero-order chi connectivity index (χ0) is 20.3. The van der Waals surface area contributed by atoms with Crippen LogP contribution in [-0.2, 0) is 0 Å². The monoisotopic (exact) mass is 482 g/mol. The van der Waals surface area contributed by atoms with E-state index in [1.165, 1.54) is 11.8 Å². The van der Waals surface area contributed by atoms with Crippen molar-refractivity contribution < 1.29 is 9.66 Å². The Bertz CT molecular complexity index is 997. The highest BCUT2D eigenvalue weighted by Gasteiger charge is 2.26. The third kappa shape index (κ3) is 4.65. The highest BCUT2D eigenvalue weighted by Crippen LogP contribution is 2.41. The molecule has 28 heavy (non-hydrogen) atoms. The molecule has 7 nitrogen and oxygen atoms in total. The van der Waals surface area contributed by atoms with Crippen molar-refractivity contribution in [3.05, 3.63) is 73.5 Å². The van der Waals surface area contributed by atoms with Gasteiger partial charge in [0.25, 0.3) is 0 Å². The Morgan fingerprint density at radius 1 is 1.29 bits per heavy atom. The number of methoxy groups -OCH3 is 1. The molecule has 1 aromatic heterocycles. The molecule has 0 N–H and O–H groups in total. The Kier molecular flexibility index (Phi) is 6.58. The molecule has 0 aliphatic carbocycles. The maximum atomic E-state index is 11.3. The molecule has 0 aliphatic heterocycles. The average Bonchev–Trinajstić information content (AvgIpc) is 3.02. The summed E-state index contributed by atoms with van der Waals surface area (Å²) in [5, 5.41) is 20.4. The number of hydrogen-bond donors (Lipinski definition) is 0. The summed E-state index contributed by atoms with van der Waals surface area (Å²) < 4.78 is 8.08. The van der Waals surface area contributed by atoms with Crippen LogP contribution in [0.5, 0.6) is 5.75 Å². The molecule has 146 valence electrons. The second-order valence-corrected chi connectivity index (χ2v) is 8.37. The molecule has 3 rings (SSSR count). The lowest BCUT2D eigenvalue weighted by molar-refractivity contribution is -0.479. The Hall–Kier alpha value is -2.10. The van der Waals surface area contributed by atoms with E-state index in [9.17, 15) is 10.1 Å². The molecule has 3 aromatic rings. The van der Waals surface area contributed by atoms with Gasteiger partial charge in [-0.1, -0.05) is 39.3 Å². The SMILES string of the molecule is COc1ccc(Br)cc1[C@H](C[N+](=O)[O-])Sc1nnc(C)n1-c1ccc(Cl)cc1. The predicted octanol–water partition coefficient (Wildman–Crippen LogP) is 5.11. The van der Waals surface area contributed by atoms with Gasteiger partial charge >= 0.3 is 0 Å². The molecule has 1 atom stereocenters. The average molecular weight is 484 g/mol. The molecule has 0 radical (unpaired) electrons. The number of benzene rings is 2. The lowest BCUT2D eigenvalue weighted by atomic mass is 10.1. The minimum atomic E-state index is -0.517. The van der Waals surface area contributed by atoms with Crippen molar-refractivity contribution in [3.63, 3.8) is 0 Å². The molecule has 0 unspecified atom stereocenters. The third-order valence-electron chi connectivity index (χ3n) is 3.98. The Morgan fingerprint density at radius 2 is 2.00 bits per heavy atom. The van der Waals surface area contributed by atoms with Crippen LogP contribution in [0.15, 0.2) is 52.1 Å². The first kappa shape index (κ1) is 20.6. The van der Waals surface area contributed by atoms with Crippen molar-refractivity contribution in [1.82, 2.24) is 14.8 Å². The molecule has 0 spiro atoms. The third-order valence-corrected chi connectivity index (χ3v) is 5.89. The van der Waals surface area contributed by atoms with Crippen LogP contribution in [0.4, 0.5) is 0 Å². The summed E-state index contributed by atoms with van der Waals surface area (Å²) in [6.07, 6.45) is 0. The quantitative estimate of drug-likeness (QED) is 0.264. The lowest BCUT2D eigenvalue weighted by Gasteiger charge is -2.17. The van der Waals surface area contributed by atoms with Gasteiger partial charge in [0.2, 0.25) is 6.54 Å². The van der Waals surface area contributed by atoms with Crippen molar-refractivity contribution in [3.8, 4) is 11.4 Å². The fourth-order valence-corrected chi connectivity index (χ4v) is 4.42. The van der Waals surface area contributed by atoms with Crippen molar-refractivity contribution in [1.29, 1.82) is 0 Å². The van der Waals surface area contributed by atoms with E-state index in [1.54, 1.807) is 25.3 Å². The molecule has 0 saturated heterocycles. The van der Waals surface area contributed by atoms with Gasteiger partial charge in [0.15, 0.2) is 5.16 Å². The van der Waals surface area contributed by atoms with Gasteiger partial charge < -0.3 is 4.74 Å². The summed E-state index contributed by atoms with van der Waals surface area (Å²) in [5.74, 6) is 1.25. The molecule has 2 aromatic carbocycles. The van der Waals surface area contributed by atoms with E-state index in [1.807, 2.05) is 35.8 Å². The number of ether oxygens (including phenoxy) is 1. The molecule has 10 heteroatoms. The predicted molar refractivity (Wildman–Crippen MR) is 112 cm³/mol. The van der Waals surface area contributed by atoms with Gasteiger partial charge in [0.1, 0.15) is 16.8 Å². The van der Waals surface area contributed by atoms with E-state index in [0.29, 0.717) is 27.3 Å². The molecule has 0 bridgehead atoms. The van der Waals surface area contributed by atoms with E-state index in [2.05, 4.69) is 26.1 Å². The first-order chi connectivity index (χ1) is 13.4. The van der Waals surface area contributed by atoms with Crippen LogP contribution in [0.25, 0.3) is 5.69 Å². The van der Waals surface area contributed by atoms with Gasteiger partial charge in [-0.15, -0.1) is 10.2 Å². The second kappa shape index (κ2) is 8.93. The van der Waals surface area contributed by atoms with E-state index < -0.39 is 5.25 Å². The Labute approximate surface area is 179 Å². The number of aryl methyl sites for hydroxylation is 1. The Morgan fingerprint density at radius 3 is 2.64 bits per heavy atom. The smallest absolute Gasteiger partial charge is 0.220 e. The van der Waals surface area contributed by atoms with Gasteiger partial charge in [-0.25, -0.2) is 0 Å². The minimum Gasteiger partial charge on any atom is -0.496 e. The van der Waals surface area contributed by atoms with E-state index in [0.717, 1.165) is 10.2 Å². The molecular weight excluding hydrogens is 468 g/mol. The normalized spacial score (nSPS) is 12.0. The molecule has 0 fully saturated rings. The number of thioether (sulfide) groups is 1. The molecule has 0 amide bonds. The summed E-state index contributed by atoms with van der Waals surface area (Å²) in [4.78, 5) is 11.0. The maximum Gasteiger partial charge on any atom is 0.220 e. The number of hydrogen-bond acceptors (Lipinski definition) is 6. The minimum absolute atomic E-state index is 0.288. The number of nitro groups is 1. The molecule has 1 heterocycles. The van der Waals surface area contributed by atoms with Crippen molar-refractivity contribution in [2.24, 2.45) is 0 Å². The van der Waals surface area contributed by atoms with Crippen molar-refractivity contribution >= 4 is 39.3 Å². The van der Waals surface area contributed by atoms with Gasteiger partial charge in [-0.05, 0) is 49.4 Å². The summed E-state index contributed by atoms with van der Waals surface area (Å²) >= 11 is 10.7. The summed E-state index contributed by atoms with van der Waals surface area (Å²) in [6.45, 7) is 1.54. The maximum absolute atomic E-state index is 11.3. The summed E-state index contributed by atoms with van der Waals surface area (Å²) in [6, 6.07) is 12.7. The van der Waals surface area contributed by atoms with Crippen LogP contribution in [0.2, 0.25) is 5.02 Å². The van der Waals surface area contributed by atoms with Crippen LogP contribution in [0.3, 0.4) is 0 Å². The number of aromatic nitrogens is 3. The molecule has 0 saturated carbocycles. The van der Waals surface area contributed by atoms with Crippen LogP contribution in [0, 0.1) is 17.0 Å². The van der Waals surface area contributed by atoms with Crippen LogP contribution in [0.1, 0.15) is 16.6 Å². The van der Waals surface area contributed by atoms with E-state index >= 15 is 0 Å².